The van der Waals surface area contributed by atoms with E-state index in [1.54, 1.807) is 19.1 Å². The van der Waals surface area contributed by atoms with Crippen molar-refractivity contribution in [3.05, 3.63) is 41.2 Å². The molecule has 1 N–H and O–H groups in total. The van der Waals surface area contributed by atoms with Crippen molar-refractivity contribution in [1.82, 2.24) is 9.97 Å². The van der Waals surface area contributed by atoms with Gasteiger partial charge >= 0.3 is 0 Å². The molecule has 0 unspecified atom stereocenters. The zero-order chi connectivity index (χ0) is 15.4. The Morgan fingerprint density at radius 1 is 1.10 bits per heavy atom. The Morgan fingerprint density at radius 2 is 1.86 bits per heavy atom. The molecule has 0 aliphatic carbocycles. The fraction of sp³-hybridized carbons (Fsp3) is 0.375. The first-order chi connectivity index (χ1) is 10.1. The number of rotatable bonds is 5. The van der Waals surface area contributed by atoms with Crippen LogP contribution in [-0.4, -0.2) is 16.5 Å². The maximum absolute atomic E-state index is 14.2. The van der Waals surface area contributed by atoms with E-state index in [1.807, 2.05) is 13.8 Å². The third-order valence-electron chi connectivity index (χ3n) is 3.32. The minimum atomic E-state index is -0.853. The maximum atomic E-state index is 14.2. The molecule has 112 valence electrons. The molecule has 1 aromatic carbocycles. The summed E-state index contributed by atoms with van der Waals surface area (Å²) in [7, 11) is 0. The Bertz CT molecular complexity index is 642. The van der Waals surface area contributed by atoms with Gasteiger partial charge in [0.25, 0.3) is 0 Å². The summed E-state index contributed by atoms with van der Waals surface area (Å²) in [5.41, 5.74) is 1.75. The Labute approximate surface area is 123 Å². The number of benzene rings is 1. The Kier molecular flexibility index (Phi) is 4.83. The molecule has 0 radical (unpaired) electrons. The highest BCUT2D eigenvalue weighted by Gasteiger charge is 2.18. The molecule has 0 aliphatic heterocycles. The van der Waals surface area contributed by atoms with Crippen LogP contribution in [0.1, 0.15) is 31.4 Å². The Hall–Kier alpha value is -2.04. The summed E-state index contributed by atoms with van der Waals surface area (Å²) >= 11 is 0. The van der Waals surface area contributed by atoms with E-state index in [4.69, 9.17) is 0 Å². The van der Waals surface area contributed by atoms with Crippen LogP contribution >= 0.6 is 0 Å². The summed E-state index contributed by atoms with van der Waals surface area (Å²) in [6.07, 6.45) is 2.95. The molecule has 1 heterocycles. The molecule has 0 saturated heterocycles. The number of anilines is 1. The van der Waals surface area contributed by atoms with Gasteiger partial charge in [-0.25, -0.2) is 18.7 Å². The second-order valence-corrected chi connectivity index (χ2v) is 4.89. The van der Waals surface area contributed by atoms with Gasteiger partial charge in [-0.2, -0.15) is 0 Å². The molecule has 0 aliphatic rings. The number of nitrogens with one attached hydrogen (secondary N) is 1. The minimum Gasteiger partial charge on any atom is -0.370 e. The van der Waals surface area contributed by atoms with Crippen molar-refractivity contribution in [3.63, 3.8) is 0 Å². The number of aromatic nitrogens is 2. The average Bonchev–Trinajstić information content (AvgIpc) is 2.48. The van der Waals surface area contributed by atoms with Gasteiger partial charge in [0.15, 0.2) is 11.6 Å². The average molecular weight is 291 g/mol. The van der Waals surface area contributed by atoms with E-state index in [9.17, 15) is 8.78 Å². The molecular formula is C16H19F2N3. The third kappa shape index (κ3) is 3.01. The second kappa shape index (κ2) is 6.61. The maximum Gasteiger partial charge on any atom is 0.168 e. The van der Waals surface area contributed by atoms with Crippen molar-refractivity contribution in [2.45, 2.75) is 33.6 Å². The van der Waals surface area contributed by atoms with Gasteiger partial charge in [-0.3, -0.25) is 0 Å². The number of halogens is 2. The number of aryl methyl sites for hydroxylation is 1. The van der Waals surface area contributed by atoms with Crippen LogP contribution in [0.3, 0.4) is 0 Å². The summed E-state index contributed by atoms with van der Waals surface area (Å²) in [5.74, 6) is -0.989. The van der Waals surface area contributed by atoms with Gasteiger partial charge in [0.1, 0.15) is 12.1 Å². The molecule has 0 atom stereocenters. The predicted molar refractivity (Wildman–Crippen MR) is 80.3 cm³/mol. The number of hydrogen-bond donors (Lipinski definition) is 1. The van der Waals surface area contributed by atoms with E-state index in [1.165, 1.54) is 6.33 Å². The lowest BCUT2D eigenvalue weighted by Crippen LogP contribution is -2.07. The Morgan fingerprint density at radius 3 is 2.52 bits per heavy atom. The summed E-state index contributed by atoms with van der Waals surface area (Å²) in [6.45, 7) is 6.24. The van der Waals surface area contributed by atoms with Crippen molar-refractivity contribution in [1.29, 1.82) is 0 Å². The van der Waals surface area contributed by atoms with E-state index in [-0.39, 0.29) is 11.1 Å². The molecule has 0 spiro atoms. The molecule has 0 saturated carbocycles. The third-order valence-corrected chi connectivity index (χ3v) is 3.32. The van der Waals surface area contributed by atoms with Crippen molar-refractivity contribution in [2.75, 3.05) is 11.9 Å². The summed E-state index contributed by atoms with van der Waals surface area (Å²) in [4.78, 5) is 8.39. The molecule has 5 heteroatoms. The monoisotopic (exact) mass is 291 g/mol. The normalized spacial score (nSPS) is 10.7. The lowest BCUT2D eigenvalue weighted by atomic mass is 10.0. The summed E-state index contributed by atoms with van der Waals surface area (Å²) in [6, 6.07) is 3.14. The first kappa shape index (κ1) is 15.4. The van der Waals surface area contributed by atoms with Gasteiger partial charge in [0, 0.05) is 17.7 Å². The molecule has 2 aromatic rings. The number of nitrogens with zero attached hydrogens (tertiary/aromatic N) is 2. The van der Waals surface area contributed by atoms with Crippen molar-refractivity contribution >= 4 is 5.82 Å². The van der Waals surface area contributed by atoms with E-state index in [0.717, 1.165) is 12.0 Å². The standard InChI is InChI=1S/C16H19F2N3/c1-4-6-12-15(20-9-21-16(12)19-5-2)11-8-7-10(3)13(17)14(11)18/h7-9H,4-6H2,1-3H3,(H,19,20,21). The van der Waals surface area contributed by atoms with Gasteiger partial charge in [-0.15, -0.1) is 0 Å². The largest absolute Gasteiger partial charge is 0.370 e. The quantitative estimate of drug-likeness (QED) is 0.900. The van der Waals surface area contributed by atoms with Crippen LogP contribution in [0.15, 0.2) is 18.5 Å². The van der Waals surface area contributed by atoms with E-state index < -0.39 is 11.6 Å². The second-order valence-electron chi connectivity index (χ2n) is 4.89. The van der Waals surface area contributed by atoms with Crippen LogP contribution < -0.4 is 5.32 Å². The first-order valence-electron chi connectivity index (χ1n) is 7.12. The van der Waals surface area contributed by atoms with E-state index in [2.05, 4.69) is 15.3 Å². The van der Waals surface area contributed by atoms with Crippen LogP contribution in [-0.2, 0) is 6.42 Å². The highest BCUT2D eigenvalue weighted by atomic mass is 19.2. The van der Waals surface area contributed by atoms with Crippen molar-refractivity contribution in [3.8, 4) is 11.3 Å². The van der Waals surface area contributed by atoms with Crippen LogP contribution in [0.5, 0.6) is 0 Å². The van der Waals surface area contributed by atoms with Gasteiger partial charge in [0.05, 0.1) is 5.69 Å². The van der Waals surface area contributed by atoms with Crippen molar-refractivity contribution < 1.29 is 8.78 Å². The fourth-order valence-electron chi connectivity index (χ4n) is 2.28. The highest BCUT2D eigenvalue weighted by Crippen LogP contribution is 2.30. The fourth-order valence-corrected chi connectivity index (χ4v) is 2.28. The highest BCUT2D eigenvalue weighted by molar-refractivity contribution is 5.69. The SMILES string of the molecule is CCCc1c(NCC)ncnc1-c1ccc(C)c(F)c1F. The van der Waals surface area contributed by atoms with E-state index in [0.29, 0.717) is 24.5 Å². The van der Waals surface area contributed by atoms with E-state index >= 15 is 0 Å². The Balaban J connectivity index is 2.63. The molecule has 1 aromatic heterocycles. The minimum absolute atomic E-state index is 0.183. The van der Waals surface area contributed by atoms with Crippen molar-refractivity contribution in [2.24, 2.45) is 0 Å². The molecule has 2 rings (SSSR count). The summed E-state index contributed by atoms with van der Waals surface area (Å²) in [5, 5.41) is 3.15. The summed E-state index contributed by atoms with van der Waals surface area (Å²) < 4.78 is 28.0. The molecule has 0 amide bonds. The molecular weight excluding hydrogens is 272 g/mol. The van der Waals surface area contributed by atoms with Gasteiger partial charge < -0.3 is 5.32 Å². The van der Waals surface area contributed by atoms with Crippen LogP contribution in [0.25, 0.3) is 11.3 Å². The zero-order valence-electron chi connectivity index (χ0n) is 12.5. The first-order valence-corrected chi connectivity index (χ1v) is 7.12. The lowest BCUT2D eigenvalue weighted by molar-refractivity contribution is 0.505. The van der Waals surface area contributed by atoms with Gasteiger partial charge in [-0.1, -0.05) is 19.4 Å². The number of hydrogen-bond acceptors (Lipinski definition) is 3. The lowest BCUT2D eigenvalue weighted by Gasteiger charge is -2.14. The van der Waals surface area contributed by atoms with Crippen LogP contribution in [0.2, 0.25) is 0 Å². The topological polar surface area (TPSA) is 37.8 Å². The predicted octanol–water partition coefficient (Wildman–Crippen LogP) is 4.11. The van der Waals surface area contributed by atoms with Gasteiger partial charge in [-0.05, 0) is 31.9 Å². The van der Waals surface area contributed by atoms with Crippen LogP contribution in [0, 0.1) is 18.6 Å². The molecule has 0 bridgehead atoms. The zero-order valence-corrected chi connectivity index (χ0v) is 12.5. The molecule has 0 fully saturated rings. The van der Waals surface area contributed by atoms with Crippen LogP contribution in [0.4, 0.5) is 14.6 Å². The van der Waals surface area contributed by atoms with Gasteiger partial charge in [0.2, 0.25) is 0 Å². The molecule has 3 nitrogen and oxygen atoms in total. The smallest absolute Gasteiger partial charge is 0.168 e. The molecule has 21 heavy (non-hydrogen) atoms.